The zero-order valence-electron chi connectivity index (χ0n) is 10.9. The minimum atomic E-state index is -4.90. The maximum Gasteiger partial charge on any atom is 0.573 e. The lowest BCUT2D eigenvalue weighted by Gasteiger charge is -2.16. The van der Waals surface area contributed by atoms with Crippen LogP contribution in [-0.2, 0) is 16.0 Å². The van der Waals surface area contributed by atoms with Gasteiger partial charge in [0.1, 0.15) is 5.75 Å². The molecule has 0 amide bonds. The second-order valence-corrected chi connectivity index (χ2v) is 3.87. The van der Waals surface area contributed by atoms with Gasteiger partial charge in [0.05, 0.1) is 24.7 Å². The molecule has 4 nitrogen and oxygen atoms in total. The third-order valence-electron chi connectivity index (χ3n) is 2.47. The molecule has 0 atom stereocenters. The Morgan fingerprint density at radius 2 is 2.05 bits per heavy atom. The lowest BCUT2D eigenvalue weighted by Crippen LogP contribution is -2.20. The number of nitrogens with zero attached hydrogens (tertiary/aromatic N) is 1. The Morgan fingerprint density at radius 3 is 2.55 bits per heavy atom. The van der Waals surface area contributed by atoms with Gasteiger partial charge in [0.25, 0.3) is 0 Å². The second kappa shape index (κ2) is 6.28. The van der Waals surface area contributed by atoms with E-state index in [9.17, 15) is 18.0 Å². The SMILES string of the molecule is CCOC(=O)Cc1ccc(C#N)c(C)c1OC(F)(F)F. The van der Waals surface area contributed by atoms with Crippen LogP contribution in [-0.4, -0.2) is 18.9 Å². The van der Waals surface area contributed by atoms with Crippen LogP contribution in [0.2, 0.25) is 0 Å². The summed E-state index contributed by atoms with van der Waals surface area (Å²) in [7, 11) is 0. The summed E-state index contributed by atoms with van der Waals surface area (Å²) in [6.45, 7) is 3.05. The van der Waals surface area contributed by atoms with E-state index in [0.29, 0.717) is 0 Å². The average molecular weight is 287 g/mol. The summed E-state index contributed by atoms with van der Waals surface area (Å²) in [4.78, 5) is 11.4. The first-order valence-electron chi connectivity index (χ1n) is 5.72. The summed E-state index contributed by atoms with van der Waals surface area (Å²) in [5.74, 6) is -1.19. The van der Waals surface area contributed by atoms with E-state index >= 15 is 0 Å². The molecule has 0 unspecified atom stereocenters. The molecule has 0 aliphatic rings. The normalized spacial score (nSPS) is 10.8. The summed E-state index contributed by atoms with van der Waals surface area (Å²) < 4.78 is 45.8. The van der Waals surface area contributed by atoms with Crippen molar-refractivity contribution >= 4 is 5.97 Å². The van der Waals surface area contributed by atoms with Gasteiger partial charge < -0.3 is 9.47 Å². The average Bonchev–Trinajstić information content (AvgIpc) is 2.33. The molecule has 1 rings (SSSR count). The largest absolute Gasteiger partial charge is 0.573 e. The number of hydrogen-bond donors (Lipinski definition) is 0. The van der Waals surface area contributed by atoms with Gasteiger partial charge in [-0.15, -0.1) is 13.2 Å². The van der Waals surface area contributed by atoms with Gasteiger partial charge in [-0.3, -0.25) is 4.79 Å². The van der Waals surface area contributed by atoms with E-state index in [1.165, 1.54) is 19.1 Å². The number of alkyl halides is 3. The number of ether oxygens (including phenoxy) is 2. The number of rotatable bonds is 4. The Labute approximate surface area is 113 Å². The van der Waals surface area contributed by atoms with E-state index in [2.05, 4.69) is 9.47 Å². The van der Waals surface area contributed by atoms with Gasteiger partial charge in [0, 0.05) is 11.1 Å². The van der Waals surface area contributed by atoms with Crippen molar-refractivity contribution in [2.75, 3.05) is 6.61 Å². The fourth-order valence-electron chi connectivity index (χ4n) is 1.63. The maximum absolute atomic E-state index is 12.4. The fourth-order valence-corrected chi connectivity index (χ4v) is 1.63. The number of benzene rings is 1. The third-order valence-corrected chi connectivity index (χ3v) is 2.47. The molecule has 0 spiro atoms. The number of carbonyl (C=O) groups excluding carboxylic acids is 1. The molecule has 0 aliphatic heterocycles. The Kier molecular flexibility index (Phi) is 4.97. The predicted molar refractivity (Wildman–Crippen MR) is 62.9 cm³/mol. The van der Waals surface area contributed by atoms with E-state index in [1.54, 1.807) is 13.0 Å². The monoisotopic (exact) mass is 287 g/mol. The standard InChI is InChI=1S/C13H12F3NO3/c1-3-19-11(18)6-9-4-5-10(7-17)8(2)12(9)20-13(14,15)16/h4-5H,3,6H2,1-2H3. The molecule has 0 fully saturated rings. The highest BCUT2D eigenvalue weighted by molar-refractivity contribution is 5.74. The summed E-state index contributed by atoms with van der Waals surface area (Å²) in [6.07, 6.45) is -5.26. The topological polar surface area (TPSA) is 59.3 Å². The summed E-state index contributed by atoms with van der Waals surface area (Å²) in [5.41, 5.74) is 0.112. The van der Waals surface area contributed by atoms with Gasteiger partial charge in [0.2, 0.25) is 0 Å². The first kappa shape index (κ1) is 15.8. The van der Waals surface area contributed by atoms with Crippen molar-refractivity contribution in [2.45, 2.75) is 26.6 Å². The van der Waals surface area contributed by atoms with Gasteiger partial charge >= 0.3 is 12.3 Å². The van der Waals surface area contributed by atoms with Crippen molar-refractivity contribution in [1.82, 2.24) is 0 Å². The van der Waals surface area contributed by atoms with E-state index in [1.807, 2.05) is 0 Å². The quantitative estimate of drug-likeness (QED) is 0.799. The van der Waals surface area contributed by atoms with Crippen molar-refractivity contribution in [3.8, 4) is 11.8 Å². The Hall–Kier alpha value is -2.23. The number of esters is 1. The molecular weight excluding hydrogens is 275 g/mol. The molecule has 108 valence electrons. The van der Waals surface area contributed by atoms with Crippen LogP contribution in [0.4, 0.5) is 13.2 Å². The lowest BCUT2D eigenvalue weighted by molar-refractivity contribution is -0.275. The van der Waals surface area contributed by atoms with Crippen LogP contribution in [0, 0.1) is 18.3 Å². The minimum absolute atomic E-state index is 0.0253. The zero-order valence-corrected chi connectivity index (χ0v) is 10.9. The zero-order chi connectivity index (χ0) is 15.3. The van der Waals surface area contributed by atoms with Gasteiger partial charge in [-0.1, -0.05) is 6.07 Å². The highest BCUT2D eigenvalue weighted by atomic mass is 19.4. The van der Waals surface area contributed by atoms with Crippen LogP contribution in [0.1, 0.15) is 23.6 Å². The van der Waals surface area contributed by atoms with Gasteiger partial charge in [-0.05, 0) is 19.9 Å². The van der Waals surface area contributed by atoms with Gasteiger partial charge in [0.15, 0.2) is 0 Å². The molecule has 0 radical (unpaired) electrons. The van der Waals surface area contributed by atoms with Gasteiger partial charge in [-0.25, -0.2) is 0 Å². The molecule has 0 saturated carbocycles. The summed E-state index contributed by atoms with van der Waals surface area (Å²) in [5, 5.41) is 8.82. The number of nitriles is 1. The minimum Gasteiger partial charge on any atom is -0.466 e. The molecule has 0 aliphatic carbocycles. The van der Waals surface area contributed by atoms with Crippen LogP contribution in [0.25, 0.3) is 0 Å². The Balaban J connectivity index is 3.20. The molecule has 1 aromatic rings. The first-order chi connectivity index (χ1) is 9.28. The predicted octanol–water partition coefficient (Wildman–Crippen LogP) is 2.87. The fraction of sp³-hybridized carbons (Fsp3) is 0.385. The Morgan fingerprint density at radius 1 is 1.40 bits per heavy atom. The van der Waals surface area contributed by atoms with Crippen LogP contribution in [0.3, 0.4) is 0 Å². The van der Waals surface area contributed by atoms with E-state index in [4.69, 9.17) is 5.26 Å². The van der Waals surface area contributed by atoms with E-state index in [0.717, 1.165) is 0 Å². The van der Waals surface area contributed by atoms with Crippen LogP contribution >= 0.6 is 0 Å². The highest BCUT2D eigenvalue weighted by Gasteiger charge is 2.33. The van der Waals surface area contributed by atoms with Crippen LogP contribution in [0.5, 0.6) is 5.75 Å². The lowest BCUT2D eigenvalue weighted by atomic mass is 10.0. The summed E-state index contributed by atoms with van der Waals surface area (Å²) in [6, 6.07) is 4.36. The number of carbonyl (C=O) groups is 1. The molecule has 7 heteroatoms. The highest BCUT2D eigenvalue weighted by Crippen LogP contribution is 2.32. The first-order valence-corrected chi connectivity index (χ1v) is 5.72. The molecule has 0 aromatic heterocycles. The molecule has 0 heterocycles. The van der Waals surface area contributed by atoms with Crippen LogP contribution < -0.4 is 4.74 Å². The van der Waals surface area contributed by atoms with Crippen molar-refractivity contribution in [2.24, 2.45) is 0 Å². The van der Waals surface area contributed by atoms with Crippen molar-refractivity contribution < 1.29 is 27.4 Å². The smallest absolute Gasteiger partial charge is 0.466 e. The third kappa shape index (κ3) is 4.16. The number of hydrogen-bond acceptors (Lipinski definition) is 4. The molecule has 0 N–H and O–H groups in total. The van der Waals surface area contributed by atoms with Crippen molar-refractivity contribution in [1.29, 1.82) is 5.26 Å². The molecular formula is C13H12F3NO3. The van der Waals surface area contributed by atoms with Crippen LogP contribution in [0.15, 0.2) is 12.1 Å². The Bertz CT molecular complexity index is 547. The molecule has 0 bridgehead atoms. The summed E-state index contributed by atoms with van der Waals surface area (Å²) >= 11 is 0. The molecule has 0 saturated heterocycles. The molecule has 20 heavy (non-hydrogen) atoms. The van der Waals surface area contributed by atoms with Crippen molar-refractivity contribution in [3.63, 3.8) is 0 Å². The van der Waals surface area contributed by atoms with E-state index in [-0.39, 0.29) is 29.7 Å². The number of halogens is 3. The van der Waals surface area contributed by atoms with Gasteiger partial charge in [-0.2, -0.15) is 5.26 Å². The van der Waals surface area contributed by atoms with E-state index < -0.39 is 18.1 Å². The molecule has 1 aromatic carbocycles. The second-order valence-electron chi connectivity index (χ2n) is 3.87. The maximum atomic E-state index is 12.4. The van der Waals surface area contributed by atoms with Crippen molar-refractivity contribution in [3.05, 3.63) is 28.8 Å².